The largest absolute Gasteiger partial charge is 0.481 e. The van der Waals surface area contributed by atoms with E-state index in [-0.39, 0.29) is 12.3 Å². The van der Waals surface area contributed by atoms with E-state index in [0.29, 0.717) is 17.1 Å². The first-order valence-corrected chi connectivity index (χ1v) is 5.78. The first-order valence-electron chi connectivity index (χ1n) is 5.40. The molecule has 0 heterocycles. The fourth-order valence-electron chi connectivity index (χ4n) is 1.43. The Morgan fingerprint density at radius 1 is 1.44 bits per heavy atom. The van der Waals surface area contributed by atoms with Gasteiger partial charge in [-0.2, -0.15) is 0 Å². The number of amides is 1. The van der Waals surface area contributed by atoms with Crippen molar-refractivity contribution in [2.45, 2.75) is 13.3 Å². The lowest BCUT2D eigenvalue weighted by Crippen LogP contribution is -2.19. The topological polar surface area (TPSA) is 66.4 Å². The van der Waals surface area contributed by atoms with Gasteiger partial charge in [0.2, 0.25) is 5.91 Å². The molecule has 2 N–H and O–H groups in total. The molecule has 0 spiro atoms. The van der Waals surface area contributed by atoms with E-state index >= 15 is 0 Å². The highest BCUT2D eigenvalue weighted by molar-refractivity contribution is 6.30. The Morgan fingerprint density at radius 2 is 2.17 bits per heavy atom. The Kier molecular flexibility index (Phi) is 5.39. The monoisotopic (exact) mass is 267 g/mol. The molecule has 0 aromatic heterocycles. The number of hydrogen-bond donors (Lipinski definition) is 2. The van der Waals surface area contributed by atoms with Gasteiger partial charge >= 0.3 is 5.97 Å². The van der Waals surface area contributed by atoms with E-state index in [1.165, 1.54) is 6.92 Å². The first-order chi connectivity index (χ1) is 8.49. The average molecular weight is 268 g/mol. The summed E-state index contributed by atoms with van der Waals surface area (Å²) >= 11 is 5.87. The second kappa shape index (κ2) is 6.81. The Bertz CT molecular complexity index is 483. The van der Waals surface area contributed by atoms with Crippen molar-refractivity contribution in [1.29, 1.82) is 0 Å². The van der Waals surface area contributed by atoms with Gasteiger partial charge in [-0.3, -0.25) is 9.59 Å². The van der Waals surface area contributed by atoms with E-state index in [1.54, 1.807) is 30.4 Å². The highest BCUT2D eigenvalue weighted by Gasteiger charge is 2.05. The second-order valence-corrected chi connectivity index (χ2v) is 4.19. The molecule has 0 radical (unpaired) electrons. The minimum atomic E-state index is -0.895. The Balaban J connectivity index is 2.81. The number of halogens is 1. The number of nitrogens with one attached hydrogen (secondary N) is 1. The van der Waals surface area contributed by atoms with Gasteiger partial charge < -0.3 is 10.4 Å². The van der Waals surface area contributed by atoms with E-state index in [9.17, 15) is 9.59 Å². The van der Waals surface area contributed by atoms with Crippen molar-refractivity contribution in [1.82, 2.24) is 5.32 Å². The Hall–Kier alpha value is -1.81. The summed E-state index contributed by atoms with van der Waals surface area (Å²) in [6.45, 7) is 1.83. The number of benzene rings is 1. The third-order valence-electron chi connectivity index (χ3n) is 2.22. The molecule has 0 aliphatic rings. The van der Waals surface area contributed by atoms with Gasteiger partial charge in [-0.15, -0.1) is 0 Å². The smallest absolute Gasteiger partial charge is 0.307 e. The molecule has 0 atom stereocenters. The van der Waals surface area contributed by atoms with Gasteiger partial charge in [0.05, 0.1) is 6.42 Å². The van der Waals surface area contributed by atoms with Crippen LogP contribution in [0.15, 0.2) is 24.3 Å². The lowest BCUT2D eigenvalue weighted by atomic mass is 10.0. The molecular formula is C13H14ClNO3. The normalized spacial score (nSPS) is 10.6. The van der Waals surface area contributed by atoms with Gasteiger partial charge in [0, 0.05) is 18.5 Å². The molecular weight excluding hydrogens is 254 g/mol. The molecule has 0 saturated carbocycles. The van der Waals surface area contributed by atoms with Crippen LogP contribution in [0.5, 0.6) is 0 Å². The van der Waals surface area contributed by atoms with Crippen molar-refractivity contribution in [2.75, 3.05) is 6.54 Å². The number of aliphatic carboxylic acids is 1. The molecule has 0 fully saturated rings. The predicted octanol–water partition coefficient (Wildman–Crippen LogP) is 2.12. The fourth-order valence-corrected chi connectivity index (χ4v) is 1.61. The standard InChI is InChI=1S/C13H14ClNO3/c1-9(16)15-6-2-3-10-7-12(14)5-4-11(10)8-13(17)18/h2-5,7H,6,8H2,1H3,(H,15,16)(H,17,18). The van der Waals surface area contributed by atoms with E-state index in [4.69, 9.17) is 16.7 Å². The molecule has 1 aromatic carbocycles. The SMILES string of the molecule is CC(=O)NCC=Cc1cc(Cl)ccc1CC(=O)O. The number of rotatable bonds is 5. The van der Waals surface area contributed by atoms with Crippen LogP contribution in [0.25, 0.3) is 6.08 Å². The highest BCUT2D eigenvalue weighted by atomic mass is 35.5. The van der Waals surface area contributed by atoms with Crippen LogP contribution in [0.2, 0.25) is 5.02 Å². The van der Waals surface area contributed by atoms with Crippen molar-refractivity contribution in [3.63, 3.8) is 0 Å². The maximum atomic E-state index is 10.7. The summed E-state index contributed by atoms with van der Waals surface area (Å²) in [6, 6.07) is 5.05. The molecule has 0 saturated heterocycles. The lowest BCUT2D eigenvalue weighted by molar-refractivity contribution is -0.136. The minimum Gasteiger partial charge on any atom is -0.481 e. The Morgan fingerprint density at radius 3 is 2.78 bits per heavy atom. The zero-order valence-corrected chi connectivity index (χ0v) is 10.7. The predicted molar refractivity (Wildman–Crippen MR) is 70.5 cm³/mol. The Labute approximate surface area is 110 Å². The maximum Gasteiger partial charge on any atom is 0.307 e. The summed E-state index contributed by atoms with van der Waals surface area (Å²) in [5.74, 6) is -1.01. The van der Waals surface area contributed by atoms with Crippen molar-refractivity contribution in [2.24, 2.45) is 0 Å². The van der Waals surface area contributed by atoms with E-state index in [0.717, 1.165) is 5.56 Å². The van der Waals surface area contributed by atoms with Gasteiger partial charge in [-0.05, 0) is 23.3 Å². The van der Waals surface area contributed by atoms with Gasteiger partial charge in [0.25, 0.3) is 0 Å². The van der Waals surface area contributed by atoms with E-state index in [2.05, 4.69) is 5.32 Å². The molecule has 96 valence electrons. The van der Waals surface area contributed by atoms with Crippen molar-refractivity contribution in [3.8, 4) is 0 Å². The molecule has 0 unspecified atom stereocenters. The van der Waals surface area contributed by atoms with Crippen LogP contribution >= 0.6 is 11.6 Å². The number of carboxylic acids is 1. The van der Waals surface area contributed by atoms with Crippen LogP contribution in [0, 0.1) is 0 Å². The van der Waals surface area contributed by atoms with Crippen LogP contribution in [0.1, 0.15) is 18.1 Å². The summed E-state index contributed by atoms with van der Waals surface area (Å²) in [5, 5.41) is 12.0. The summed E-state index contributed by atoms with van der Waals surface area (Å²) in [4.78, 5) is 21.4. The molecule has 18 heavy (non-hydrogen) atoms. The van der Waals surface area contributed by atoms with Gasteiger partial charge in [0.15, 0.2) is 0 Å². The first kappa shape index (κ1) is 14.3. The van der Waals surface area contributed by atoms with Gasteiger partial charge in [-0.1, -0.05) is 29.8 Å². The van der Waals surface area contributed by atoms with Crippen LogP contribution < -0.4 is 5.32 Å². The van der Waals surface area contributed by atoms with Gasteiger partial charge in [0.1, 0.15) is 0 Å². The highest BCUT2D eigenvalue weighted by Crippen LogP contribution is 2.18. The molecule has 0 aliphatic carbocycles. The number of hydrogen-bond acceptors (Lipinski definition) is 2. The molecule has 0 aliphatic heterocycles. The van der Waals surface area contributed by atoms with E-state index < -0.39 is 5.97 Å². The summed E-state index contributed by atoms with van der Waals surface area (Å²) in [6.07, 6.45) is 3.44. The summed E-state index contributed by atoms with van der Waals surface area (Å²) in [7, 11) is 0. The second-order valence-electron chi connectivity index (χ2n) is 3.75. The van der Waals surface area contributed by atoms with Crippen LogP contribution in [0.4, 0.5) is 0 Å². The number of carboxylic acid groups (broad SMARTS) is 1. The maximum absolute atomic E-state index is 10.7. The zero-order valence-electron chi connectivity index (χ0n) is 9.94. The summed E-state index contributed by atoms with van der Waals surface area (Å²) < 4.78 is 0. The molecule has 5 heteroatoms. The third-order valence-corrected chi connectivity index (χ3v) is 2.45. The summed E-state index contributed by atoms with van der Waals surface area (Å²) in [5.41, 5.74) is 1.43. The molecule has 1 rings (SSSR count). The third kappa shape index (κ3) is 5.01. The molecule has 0 bridgehead atoms. The fraction of sp³-hybridized carbons (Fsp3) is 0.231. The van der Waals surface area contributed by atoms with Crippen LogP contribution in [0.3, 0.4) is 0 Å². The lowest BCUT2D eigenvalue weighted by Gasteiger charge is -2.04. The minimum absolute atomic E-state index is 0.0586. The molecule has 4 nitrogen and oxygen atoms in total. The van der Waals surface area contributed by atoms with Crippen LogP contribution in [-0.4, -0.2) is 23.5 Å². The van der Waals surface area contributed by atoms with Gasteiger partial charge in [-0.25, -0.2) is 0 Å². The van der Waals surface area contributed by atoms with Crippen molar-refractivity contribution < 1.29 is 14.7 Å². The van der Waals surface area contributed by atoms with E-state index in [1.807, 2.05) is 0 Å². The quantitative estimate of drug-likeness (QED) is 0.859. The number of carbonyl (C=O) groups is 2. The molecule has 1 amide bonds. The number of carbonyl (C=O) groups excluding carboxylic acids is 1. The zero-order chi connectivity index (χ0) is 13.5. The average Bonchev–Trinajstić information content (AvgIpc) is 2.27. The van der Waals surface area contributed by atoms with Crippen molar-refractivity contribution >= 4 is 29.6 Å². The molecule has 1 aromatic rings. The van der Waals surface area contributed by atoms with Crippen LogP contribution in [-0.2, 0) is 16.0 Å². The van der Waals surface area contributed by atoms with Crippen molar-refractivity contribution in [3.05, 3.63) is 40.4 Å².